The Kier molecular flexibility index (Phi) is 55.0. The average Bonchev–Trinajstić information content (AvgIpc) is 3.33. The van der Waals surface area contributed by atoms with Crippen molar-refractivity contribution in [3.63, 3.8) is 0 Å². The lowest BCUT2D eigenvalue weighted by Crippen LogP contribution is -2.45. The minimum atomic E-state index is -0.669. The van der Waals surface area contributed by atoms with Gasteiger partial charge in [0, 0.05) is 12.8 Å². The molecule has 0 aliphatic carbocycles. The van der Waals surface area contributed by atoms with E-state index >= 15 is 0 Å². The molecule has 0 aromatic heterocycles. The summed E-state index contributed by atoms with van der Waals surface area (Å²) in [6, 6.07) is -0.547. The minimum Gasteiger partial charge on any atom is -0.466 e. The number of hydrogen-bond acceptors (Lipinski definition) is 5. The maximum Gasteiger partial charge on any atom is 0.305 e. The van der Waals surface area contributed by atoms with Crippen LogP contribution in [-0.2, 0) is 14.3 Å². The Morgan fingerprint density at radius 1 is 0.418 bits per heavy atom. The summed E-state index contributed by atoms with van der Waals surface area (Å²) in [6.45, 7) is 4.92. The fourth-order valence-electron chi connectivity index (χ4n) is 9.08. The van der Waals surface area contributed by atoms with E-state index in [1.54, 1.807) is 0 Å². The highest BCUT2D eigenvalue weighted by Gasteiger charge is 2.20. The summed E-state index contributed by atoms with van der Waals surface area (Å²) in [4.78, 5) is 24.5. The highest BCUT2D eigenvalue weighted by molar-refractivity contribution is 5.76. The van der Waals surface area contributed by atoms with Gasteiger partial charge in [0.05, 0.1) is 25.4 Å². The van der Waals surface area contributed by atoms with E-state index in [1.165, 1.54) is 231 Å². The van der Waals surface area contributed by atoms with Crippen LogP contribution in [0.1, 0.15) is 316 Å². The second-order valence-corrected chi connectivity index (χ2v) is 20.3. The monoisotopic (exact) mass is 942 g/mol. The summed E-state index contributed by atoms with van der Waals surface area (Å²) in [7, 11) is 0. The zero-order valence-electron chi connectivity index (χ0n) is 44.9. The van der Waals surface area contributed by atoms with Gasteiger partial charge in [-0.05, 0) is 83.5 Å². The maximum atomic E-state index is 12.4. The summed E-state index contributed by atoms with van der Waals surface area (Å²) in [5, 5.41) is 23.2. The molecule has 0 bridgehead atoms. The first-order chi connectivity index (χ1) is 33.0. The molecule has 6 nitrogen and oxygen atoms in total. The van der Waals surface area contributed by atoms with Crippen molar-refractivity contribution >= 4 is 11.9 Å². The molecule has 67 heavy (non-hydrogen) atoms. The molecule has 0 aliphatic heterocycles. The van der Waals surface area contributed by atoms with Crippen molar-refractivity contribution in [1.82, 2.24) is 5.32 Å². The lowest BCUT2D eigenvalue weighted by atomic mass is 10.0. The molecule has 0 radical (unpaired) electrons. The molecule has 0 spiro atoms. The molecule has 3 N–H and O–H groups in total. The van der Waals surface area contributed by atoms with E-state index in [1.807, 2.05) is 0 Å². The van der Waals surface area contributed by atoms with Crippen LogP contribution in [0.4, 0.5) is 0 Å². The van der Waals surface area contributed by atoms with Crippen molar-refractivity contribution in [2.45, 2.75) is 328 Å². The van der Waals surface area contributed by atoms with Crippen molar-refractivity contribution in [2.75, 3.05) is 13.2 Å². The second-order valence-electron chi connectivity index (χ2n) is 20.3. The van der Waals surface area contributed by atoms with Gasteiger partial charge in [0.1, 0.15) is 0 Å². The normalized spacial score (nSPS) is 12.8. The second kappa shape index (κ2) is 56.7. The molecule has 0 fully saturated rings. The Morgan fingerprint density at radius 2 is 0.746 bits per heavy atom. The molecule has 2 unspecified atom stereocenters. The van der Waals surface area contributed by atoms with Crippen molar-refractivity contribution in [2.24, 2.45) is 0 Å². The number of esters is 1. The molecule has 394 valence electrons. The summed E-state index contributed by atoms with van der Waals surface area (Å²) in [5.74, 6) is -0.0454. The Morgan fingerprint density at radius 3 is 1.16 bits per heavy atom. The number of carbonyl (C=O) groups is 2. The standard InChI is InChI=1S/C61H115NO5/c1-3-5-7-9-11-13-15-17-18-19-25-28-31-35-39-43-47-51-55-61(66)67-56-52-48-44-40-36-32-29-26-23-21-20-22-24-27-30-34-38-42-46-50-54-60(65)62-58(57-63)59(64)53-49-45-41-37-33-16-14-12-10-8-6-4-2/h13,15,18-20,22,58-59,63-64H,3-12,14,16-17,21,23-57H2,1-2H3,(H,62,65)/b15-13-,19-18-,22-20-. The summed E-state index contributed by atoms with van der Waals surface area (Å²) < 4.78 is 5.48. The van der Waals surface area contributed by atoms with Crippen molar-refractivity contribution < 1.29 is 24.5 Å². The van der Waals surface area contributed by atoms with Crippen LogP contribution >= 0.6 is 0 Å². The molecule has 2 atom stereocenters. The molecule has 0 aromatic carbocycles. The van der Waals surface area contributed by atoms with E-state index in [2.05, 4.69) is 55.6 Å². The van der Waals surface area contributed by atoms with Crippen LogP contribution in [0.25, 0.3) is 0 Å². The van der Waals surface area contributed by atoms with Crippen molar-refractivity contribution in [3.8, 4) is 0 Å². The number of ether oxygens (including phenoxy) is 1. The number of hydrogen-bond donors (Lipinski definition) is 3. The molecular weight excluding hydrogens is 827 g/mol. The van der Waals surface area contributed by atoms with E-state index in [0.717, 1.165) is 51.4 Å². The molecule has 0 rings (SSSR count). The van der Waals surface area contributed by atoms with E-state index in [-0.39, 0.29) is 18.5 Å². The summed E-state index contributed by atoms with van der Waals surface area (Å²) in [5.41, 5.74) is 0. The van der Waals surface area contributed by atoms with Crippen LogP contribution in [0.2, 0.25) is 0 Å². The molecule has 0 saturated carbocycles. The van der Waals surface area contributed by atoms with Crippen LogP contribution in [0.15, 0.2) is 36.5 Å². The Balaban J connectivity index is 3.42. The zero-order chi connectivity index (χ0) is 48.6. The Labute approximate surface area is 417 Å². The molecule has 0 heterocycles. The largest absolute Gasteiger partial charge is 0.466 e. The fourth-order valence-corrected chi connectivity index (χ4v) is 9.08. The lowest BCUT2D eigenvalue weighted by molar-refractivity contribution is -0.143. The number of carbonyl (C=O) groups excluding carboxylic acids is 2. The number of amides is 1. The van der Waals surface area contributed by atoms with Gasteiger partial charge in [-0.2, -0.15) is 0 Å². The third-order valence-electron chi connectivity index (χ3n) is 13.7. The quantitative estimate of drug-likeness (QED) is 0.0321. The van der Waals surface area contributed by atoms with E-state index in [4.69, 9.17) is 4.74 Å². The molecule has 0 aliphatic rings. The van der Waals surface area contributed by atoms with Gasteiger partial charge in [0.2, 0.25) is 5.91 Å². The molecule has 0 saturated heterocycles. The maximum absolute atomic E-state index is 12.4. The van der Waals surface area contributed by atoms with E-state index in [9.17, 15) is 19.8 Å². The van der Waals surface area contributed by atoms with Crippen LogP contribution in [-0.4, -0.2) is 47.4 Å². The van der Waals surface area contributed by atoms with Gasteiger partial charge < -0.3 is 20.3 Å². The van der Waals surface area contributed by atoms with Gasteiger partial charge >= 0.3 is 5.97 Å². The van der Waals surface area contributed by atoms with Gasteiger partial charge in [0.25, 0.3) is 0 Å². The van der Waals surface area contributed by atoms with Crippen LogP contribution in [0.5, 0.6) is 0 Å². The minimum absolute atomic E-state index is 0.00122. The Hall–Kier alpha value is -1.92. The molecule has 6 heteroatoms. The van der Waals surface area contributed by atoms with E-state index in [0.29, 0.717) is 25.9 Å². The first-order valence-corrected chi connectivity index (χ1v) is 29.7. The smallest absolute Gasteiger partial charge is 0.305 e. The molecular formula is C61H115NO5. The Bertz CT molecular complexity index is 1090. The third-order valence-corrected chi connectivity index (χ3v) is 13.7. The van der Waals surface area contributed by atoms with Gasteiger partial charge in [0.15, 0.2) is 0 Å². The lowest BCUT2D eigenvalue weighted by Gasteiger charge is -2.22. The third kappa shape index (κ3) is 53.3. The number of aliphatic hydroxyl groups excluding tert-OH is 2. The van der Waals surface area contributed by atoms with Crippen LogP contribution < -0.4 is 5.32 Å². The summed E-state index contributed by atoms with van der Waals surface area (Å²) in [6.07, 6.45) is 70.0. The predicted octanol–water partition coefficient (Wildman–Crippen LogP) is 18.4. The topological polar surface area (TPSA) is 95.9 Å². The number of allylic oxidation sites excluding steroid dienone is 6. The highest BCUT2D eigenvalue weighted by Crippen LogP contribution is 2.17. The van der Waals surface area contributed by atoms with Gasteiger partial charge in [-0.15, -0.1) is 0 Å². The zero-order valence-corrected chi connectivity index (χ0v) is 44.9. The number of aliphatic hydroxyl groups is 2. The first-order valence-electron chi connectivity index (χ1n) is 29.7. The molecule has 1 amide bonds. The van der Waals surface area contributed by atoms with E-state index < -0.39 is 12.1 Å². The highest BCUT2D eigenvalue weighted by atomic mass is 16.5. The van der Waals surface area contributed by atoms with Crippen LogP contribution in [0, 0.1) is 0 Å². The first kappa shape index (κ1) is 65.1. The van der Waals surface area contributed by atoms with Gasteiger partial charge in [-0.1, -0.05) is 256 Å². The fraction of sp³-hybridized carbons (Fsp3) is 0.869. The summed E-state index contributed by atoms with van der Waals surface area (Å²) >= 11 is 0. The van der Waals surface area contributed by atoms with Gasteiger partial charge in [-0.3, -0.25) is 9.59 Å². The number of rotatable bonds is 55. The van der Waals surface area contributed by atoms with Crippen molar-refractivity contribution in [3.05, 3.63) is 36.5 Å². The molecule has 0 aromatic rings. The number of unbranched alkanes of at least 4 members (excludes halogenated alkanes) is 38. The number of nitrogens with one attached hydrogen (secondary N) is 1. The average molecular weight is 943 g/mol. The SMILES string of the molecule is CCCCCC/C=C\C/C=C\CCCCCCCCCC(=O)OCCCCCCCCCCC/C=C\CCCCCCCCCC(=O)NC(CO)C(O)CCCCCCCCCCCCCC. The van der Waals surface area contributed by atoms with Gasteiger partial charge in [-0.25, -0.2) is 0 Å². The van der Waals surface area contributed by atoms with Crippen LogP contribution in [0.3, 0.4) is 0 Å². The van der Waals surface area contributed by atoms with Crippen molar-refractivity contribution in [1.29, 1.82) is 0 Å². The predicted molar refractivity (Wildman–Crippen MR) is 292 cm³/mol.